The maximum Gasteiger partial charge on any atom is 0.201 e. The van der Waals surface area contributed by atoms with Gasteiger partial charge in [0.2, 0.25) is 5.75 Å². The van der Waals surface area contributed by atoms with Gasteiger partial charge >= 0.3 is 0 Å². The van der Waals surface area contributed by atoms with Crippen LogP contribution in [-0.2, 0) is 6.42 Å². The van der Waals surface area contributed by atoms with Gasteiger partial charge in [-0.3, -0.25) is 0 Å². The third-order valence-corrected chi connectivity index (χ3v) is 2.94. The Labute approximate surface area is 121 Å². The average Bonchev–Trinajstić information content (AvgIpc) is 2.37. The van der Waals surface area contributed by atoms with E-state index in [-0.39, 0.29) is 5.75 Å². The van der Waals surface area contributed by atoms with Crippen LogP contribution in [0.25, 0.3) is 6.08 Å². The summed E-state index contributed by atoms with van der Waals surface area (Å²) in [5.74, 6) is 0.961. The molecule has 0 atom stereocenters. The van der Waals surface area contributed by atoms with Crippen LogP contribution in [0.5, 0.6) is 17.2 Å². The number of ether oxygens (including phenoxy) is 2. The van der Waals surface area contributed by atoms with Gasteiger partial charge in [-0.05, 0) is 45.7 Å². The number of aromatic hydroxyl groups is 1. The number of phenolic OH excluding ortho intramolecular Hbond substituents is 1. The number of phenols is 1. The van der Waals surface area contributed by atoms with Gasteiger partial charge in [-0.25, -0.2) is 0 Å². The predicted molar refractivity (Wildman–Crippen MR) is 83.7 cm³/mol. The van der Waals surface area contributed by atoms with E-state index in [0.29, 0.717) is 17.9 Å². The van der Waals surface area contributed by atoms with Gasteiger partial charge < -0.3 is 14.6 Å². The highest BCUT2D eigenvalue weighted by Gasteiger charge is 2.17. The summed E-state index contributed by atoms with van der Waals surface area (Å²) in [7, 11) is 3.10. The fraction of sp³-hybridized carbons (Fsp3) is 0.412. The van der Waals surface area contributed by atoms with Crippen LogP contribution in [0.3, 0.4) is 0 Å². The second kappa shape index (κ2) is 7.04. The molecule has 0 aliphatic rings. The minimum absolute atomic E-state index is 0.0538. The molecule has 20 heavy (non-hydrogen) atoms. The van der Waals surface area contributed by atoms with E-state index in [1.54, 1.807) is 7.11 Å². The lowest BCUT2D eigenvalue weighted by Gasteiger charge is -2.16. The Morgan fingerprint density at radius 2 is 1.75 bits per heavy atom. The molecule has 0 radical (unpaired) electrons. The molecule has 0 aromatic heterocycles. The topological polar surface area (TPSA) is 38.7 Å². The van der Waals surface area contributed by atoms with Crippen molar-refractivity contribution in [1.82, 2.24) is 0 Å². The molecule has 0 fully saturated rings. The van der Waals surface area contributed by atoms with Crippen LogP contribution >= 0.6 is 0 Å². The van der Waals surface area contributed by atoms with Crippen molar-refractivity contribution in [3.63, 3.8) is 0 Å². The van der Waals surface area contributed by atoms with Crippen LogP contribution in [0.4, 0.5) is 0 Å². The van der Waals surface area contributed by atoms with Crippen molar-refractivity contribution in [2.24, 2.45) is 0 Å². The maximum atomic E-state index is 10.2. The van der Waals surface area contributed by atoms with Gasteiger partial charge in [0.25, 0.3) is 0 Å². The summed E-state index contributed by atoms with van der Waals surface area (Å²) in [5, 5.41) is 10.2. The summed E-state index contributed by atoms with van der Waals surface area (Å²) in [6.07, 6.45) is 4.90. The first-order valence-corrected chi connectivity index (χ1v) is 6.65. The average molecular weight is 276 g/mol. The summed E-state index contributed by atoms with van der Waals surface area (Å²) in [6, 6.07) is 1.85. The van der Waals surface area contributed by atoms with E-state index in [2.05, 4.69) is 26.0 Å². The summed E-state index contributed by atoms with van der Waals surface area (Å²) in [4.78, 5) is 0. The molecule has 110 valence electrons. The van der Waals surface area contributed by atoms with Crippen LogP contribution in [0.15, 0.2) is 23.3 Å². The summed E-state index contributed by atoms with van der Waals surface area (Å²) < 4.78 is 10.6. The fourth-order valence-electron chi connectivity index (χ4n) is 2.01. The number of hydrogen-bond acceptors (Lipinski definition) is 3. The Balaban J connectivity index is 3.53. The molecule has 1 aromatic rings. The third-order valence-electron chi connectivity index (χ3n) is 2.94. The lowest BCUT2D eigenvalue weighted by atomic mass is 9.99. The van der Waals surface area contributed by atoms with Crippen LogP contribution in [0, 0.1) is 0 Å². The SMILES string of the molecule is COc1cc(C=C(C)C)c(CC=C(C)C)c(OC)c1O. The van der Waals surface area contributed by atoms with Gasteiger partial charge in [-0.1, -0.05) is 23.3 Å². The zero-order chi connectivity index (χ0) is 15.3. The van der Waals surface area contributed by atoms with E-state index in [9.17, 15) is 5.11 Å². The lowest BCUT2D eigenvalue weighted by molar-refractivity contribution is 0.337. The molecule has 0 saturated carbocycles. The van der Waals surface area contributed by atoms with Crippen molar-refractivity contribution in [2.75, 3.05) is 14.2 Å². The molecule has 1 aromatic carbocycles. The Morgan fingerprint density at radius 1 is 1.10 bits per heavy atom. The Morgan fingerprint density at radius 3 is 2.20 bits per heavy atom. The van der Waals surface area contributed by atoms with Crippen LogP contribution in [-0.4, -0.2) is 19.3 Å². The fourth-order valence-corrected chi connectivity index (χ4v) is 2.01. The summed E-state index contributed by atoms with van der Waals surface area (Å²) in [6.45, 7) is 8.18. The van der Waals surface area contributed by atoms with E-state index in [0.717, 1.165) is 11.1 Å². The Kier molecular flexibility index (Phi) is 5.68. The number of allylic oxidation sites excluding steroid dienone is 3. The highest BCUT2D eigenvalue weighted by molar-refractivity contribution is 5.68. The van der Waals surface area contributed by atoms with Gasteiger partial charge in [-0.15, -0.1) is 0 Å². The van der Waals surface area contributed by atoms with Crippen LogP contribution in [0.1, 0.15) is 38.8 Å². The van der Waals surface area contributed by atoms with Crippen molar-refractivity contribution in [1.29, 1.82) is 0 Å². The lowest BCUT2D eigenvalue weighted by Crippen LogP contribution is -1.98. The summed E-state index contributed by atoms with van der Waals surface area (Å²) >= 11 is 0. The minimum Gasteiger partial charge on any atom is -0.502 e. The van der Waals surface area contributed by atoms with Crippen LogP contribution in [0.2, 0.25) is 0 Å². The highest BCUT2D eigenvalue weighted by atomic mass is 16.5. The molecule has 3 nitrogen and oxygen atoms in total. The van der Waals surface area contributed by atoms with E-state index in [1.165, 1.54) is 18.3 Å². The molecule has 0 amide bonds. The molecule has 0 bridgehead atoms. The van der Waals surface area contributed by atoms with Gasteiger partial charge in [0, 0.05) is 5.56 Å². The third kappa shape index (κ3) is 3.80. The van der Waals surface area contributed by atoms with Crippen molar-refractivity contribution in [3.8, 4) is 17.2 Å². The molecule has 0 saturated heterocycles. The second-order valence-corrected chi connectivity index (χ2v) is 5.24. The second-order valence-electron chi connectivity index (χ2n) is 5.24. The van der Waals surface area contributed by atoms with E-state index >= 15 is 0 Å². The van der Waals surface area contributed by atoms with Crippen molar-refractivity contribution in [2.45, 2.75) is 34.1 Å². The number of benzene rings is 1. The Hall–Kier alpha value is -1.90. The van der Waals surface area contributed by atoms with Crippen LogP contribution < -0.4 is 9.47 Å². The number of rotatable bonds is 5. The molecule has 1 rings (SSSR count). The van der Waals surface area contributed by atoms with Gasteiger partial charge in [0.05, 0.1) is 14.2 Å². The van der Waals surface area contributed by atoms with Gasteiger partial charge in [0.1, 0.15) is 0 Å². The maximum absolute atomic E-state index is 10.2. The molecule has 0 spiro atoms. The molecule has 0 aliphatic carbocycles. The van der Waals surface area contributed by atoms with E-state index < -0.39 is 0 Å². The van der Waals surface area contributed by atoms with Crippen molar-refractivity contribution in [3.05, 3.63) is 34.4 Å². The van der Waals surface area contributed by atoms with Gasteiger partial charge in [-0.2, -0.15) is 0 Å². The largest absolute Gasteiger partial charge is 0.502 e. The first-order chi connectivity index (χ1) is 9.40. The molecule has 1 N–H and O–H groups in total. The molecule has 3 heteroatoms. The Bertz CT molecular complexity index is 532. The zero-order valence-corrected chi connectivity index (χ0v) is 13.2. The molecule has 0 aliphatic heterocycles. The monoisotopic (exact) mass is 276 g/mol. The highest BCUT2D eigenvalue weighted by Crippen LogP contribution is 2.42. The number of hydrogen-bond donors (Lipinski definition) is 1. The van der Waals surface area contributed by atoms with E-state index in [1.807, 2.05) is 19.9 Å². The standard InChI is InChI=1S/C17H24O3/c1-11(2)7-8-14-13(9-12(3)4)10-15(19-5)16(18)17(14)20-6/h7,9-10,18H,8H2,1-6H3. The van der Waals surface area contributed by atoms with Gasteiger partial charge in [0.15, 0.2) is 11.5 Å². The minimum atomic E-state index is 0.0538. The normalized spacial score (nSPS) is 9.90. The molecular weight excluding hydrogens is 252 g/mol. The van der Waals surface area contributed by atoms with Crippen molar-refractivity contribution >= 4 is 6.08 Å². The van der Waals surface area contributed by atoms with Crippen molar-refractivity contribution < 1.29 is 14.6 Å². The quantitative estimate of drug-likeness (QED) is 0.813. The molecular formula is C17H24O3. The predicted octanol–water partition coefficient (Wildman–Crippen LogP) is 4.34. The summed E-state index contributed by atoms with van der Waals surface area (Å²) in [5.41, 5.74) is 4.38. The molecule has 0 unspecified atom stereocenters. The molecule has 0 heterocycles. The first-order valence-electron chi connectivity index (χ1n) is 6.65. The van der Waals surface area contributed by atoms with E-state index in [4.69, 9.17) is 9.47 Å². The number of methoxy groups -OCH3 is 2. The smallest absolute Gasteiger partial charge is 0.201 e. The first kappa shape index (κ1) is 16.2. The zero-order valence-electron chi connectivity index (χ0n) is 13.2.